The van der Waals surface area contributed by atoms with Crippen molar-refractivity contribution in [3.8, 4) is 5.13 Å². The van der Waals surface area contributed by atoms with E-state index >= 15 is 0 Å². The number of carbonyl (C=O) groups excluding carboxylic acids is 1. The highest BCUT2D eigenvalue weighted by molar-refractivity contribution is 7.99. The van der Waals surface area contributed by atoms with Crippen LogP contribution in [-0.2, 0) is 10.2 Å². The Bertz CT molecular complexity index is 1210. The van der Waals surface area contributed by atoms with Gasteiger partial charge >= 0.3 is 0 Å². The van der Waals surface area contributed by atoms with Crippen molar-refractivity contribution >= 4 is 45.0 Å². The van der Waals surface area contributed by atoms with E-state index in [-0.39, 0.29) is 11.3 Å². The monoisotopic (exact) mass is 450 g/mol. The highest BCUT2D eigenvalue weighted by atomic mass is 32.2. The first-order chi connectivity index (χ1) is 14.8. The fourth-order valence-electron chi connectivity index (χ4n) is 3.19. The predicted octanol–water partition coefficient (Wildman–Crippen LogP) is 6.21. The van der Waals surface area contributed by atoms with Crippen LogP contribution in [0, 0.1) is 6.92 Å². The van der Waals surface area contributed by atoms with Crippen LogP contribution < -0.4 is 5.32 Å². The molecule has 4 rings (SSSR count). The third-order valence-electron chi connectivity index (χ3n) is 4.86. The molecule has 0 aliphatic heterocycles. The molecular formula is C24H26N4OS2. The van der Waals surface area contributed by atoms with Crippen LogP contribution in [-0.4, -0.2) is 26.4 Å². The molecule has 2 heterocycles. The van der Waals surface area contributed by atoms with Crippen LogP contribution in [0.15, 0.2) is 59.5 Å². The first-order valence-electron chi connectivity index (χ1n) is 10.3. The van der Waals surface area contributed by atoms with Gasteiger partial charge in [-0.05, 0) is 42.2 Å². The summed E-state index contributed by atoms with van der Waals surface area (Å²) in [5.41, 5.74) is 3.13. The Morgan fingerprint density at radius 2 is 1.90 bits per heavy atom. The number of benzene rings is 2. The van der Waals surface area contributed by atoms with E-state index in [4.69, 9.17) is 4.98 Å². The third kappa shape index (κ3) is 5.17. The SMILES string of the molecule is Cc1cc(NC(=O)CCSc2ccccc2)n(-c2nc3ccc(C(C)(C)C)cc3s2)n1. The highest BCUT2D eigenvalue weighted by Gasteiger charge is 2.17. The van der Waals surface area contributed by atoms with Crippen LogP contribution in [0.25, 0.3) is 15.3 Å². The number of aryl methyl sites for hydroxylation is 1. The number of hydrogen-bond acceptors (Lipinski definition) is 5. The largest absolute Gasteiger partial charge is 0.310 e. The molecule has 1 N–H and O–H groups in total. The average molecular weight is 451 g/mol. The first-order valence-corrected chi connectivity index (χ1v) is 12.1. The normalized spacial score (nSPS) is 11.7. The van der Waals surface area contributed by atoms with Crippen molar-refractivity contribution in [1.82, 2.24) is 14.8 Å². The minimum atomic E-state index is -0.0271. The zero-order valence-electron chi connectivity index (χ0n) is 18.2. The van der Waals surface area contributed by atoms with Gasteiger partial charge in [0.15, 0.2) is 0 Å². The molecule has 0 bridgehead atoms. The van der Waals surface area contributed by atoms with Gasteiger partial charge in [0, 0.05) is 23.1 Å². The zero-order chi connectivity index (χ0) is 22.0. The molecule has 0 unspecified atom stereocenters. The van der Waals surface area contributed by atoms with Gasteiger partial charge in [-0.2, -0.15) is 9.78 Å². The summed E-state index contributed by atoms with van der Waals surface area (Å²) in [6, 6.07) is 18.4. The molecule has 4 aromatic rings. The fourth-order valence-corrected chi connectivity index (χ4v) is 5.03. The fraction of sp³-hybridized carbons (Fsp3) is 0.292. The van der Waals surface area contributed by atoms with E-state index in [0.29, 0.717) is 12.2 Å². The summed E-state index contributed by atoms with van der Waals surface area (Å²) in [6.45, 7) is 8.53. The molecule has 0 saturated carbocycles. The smallest absolute Gasteiger partial charge is 0.226 e. The van der Waals surface area contributed by atoms with E-state index in [1.54, 1.807) is 27.8 Å². The van der Waals surface area contributed by atoms with Gasteiger partial charge in [0.05, 0.1) is 15.9 Å². The number of thioether (sulfide) groups is 1. The third-order valence-corrected chi connectivity index (χ3v) is 6.87. The van der Waals surface area contributed by atoms with Gasteiger partial charge in [0.2, 0.25) is 11.0 Å². The molecule has 160 valence electrons. The lowest BCUT2D eigenvalue weighted by molar-refractivity contribution is -0.115. The topological polar surface area (TPSA) is 59.8 Å². The van der Waals surface area contributed by atoms with Crippen LogP contribution >= 0.6 is 23.1 Å². The molecule has 0 aliphatic rings. The van der Waals surface area contributed by atoms with Gasteiger partial charge < -0.3 is 5.32 Å². The molecule has 0 aliphatic carbocycles. The van der Waals surface area contributed by atoms with Crippen molar-refractivity contribution in [1.29, 1.82) is 0 Å². The van der Waals surface area contributed by atoms with E-state index in [2.05, 4.69) is 61.5 Å². The van der Waals surface area contributed by atoms with Crippen molar-refractivity contribution in [3.05, 3.63) is 65.9 Å². The van der Waals surface area contributed by atoms with E-state index in [9.17, 15) is 4.79 Å². The number of rotatable bonds is 6. The van der Waals surface area contributed by atoms with Crippen LogP contribution in [0.3, 0.4) is 0 Å². The van der Waals surface area contributed by atoms with Gasteiger partial charge in [0.25, 0.3) is 0 Å². The molecule has 5 nitrogen and oxygen atoms in total. The second-order valence-corrected chi connectivity index (χ2v) is 10.6. The van der Waals surface area contributed by atoms with Gasteiger partial charge in [0.1, 0.15) is 5.82 Å². The van der Waals surface area contributed by atoms with Crippen LogP contribution in [0.4, 0.5) is 5.82 Å². The number of aromatic nitrogens is 3. The Morgan fingerprint density at radius 1 is 1.13 bits per heavy atom. The zero-order valence-corrected chi connectivity index (χ0v) is 19.8. The lowest BCUT2D eigenvalue weighted by Gasteiger charge is -2.18. The Hall–Kier alpha value is -2.64. The summed E-state index contributed by atoms with van der Waals surface area (Å²) in [5, 5.41) is 8.34. The number of carbonyl (C=O) groups is 1. The van der Waals surface area contributed by atoms with Crippen molar-refractivity contribution in [2.24, 2.45) is 0 Å². The maximum absolute atomic E-state index is 12.5. The Morgan fingerprint density at radius 3 is 2.65 bits per heavy atom. The average Bonchev–Trinajstić information content (AvgIpc) is 3.30. The Kier molecular flexibility index (Phi) is 6.16. The van der Waals surface area contributed by atoms with Crippen LogP contribution in [0.5, 0.6) is 0 Å². The summed E-state index contributed by atoms with van der Waals surface area (Å²) < 4.78 is 2.85. The predicted molar refractivity (Wildman–Crippen MR) is 131 cm³/mol. The van der Waals surface area contributed by atoms with Crippen molar-refractivity contribution in [2.45, 2.75) is 44.4 Å². The van der Waals surface area contributed by atoms with E-state index in [1.165, 1.54) is 10.5 Å². The molecule has 7 heteroatoms. The number of anilines is 1. The summed E-state index contributed by atoms with van der Waals surface area (Å²) in [4.78, 5) is 18.5. The quantitative estimate of drug-likeness (QED) is 0.355. The number of hydrogen-bond donors (Lipinski definition) is 1. The van der Waals surface area contributed by atoms with E-state index in [1.807, 2.05) is 31.2 Å². The summed E-state index contributed by atoms with van der Waals surface area (Å²) >= 11 is 3.26. The standard InChI is InChI=1S/C24H26N4OS2/c1-16-14-21(26-22(29)12-13-30-18-8-6-5-7-9-18)28(27-16)23-25-19-11-10-17(24(2,3)4)15-20(19)31-23/h5-11,14-15H,12-13H2,1-4H3,(H,26,29). The van der Waals surface area contributed by atoms with Gasteiger partial charge in [-0.3, -0.25) is 4.79 Å². The number of thiazole rings is 1. The second-order valence-electron chi connectivity index (χ2n) is 8.47. The molecule has 2 aromatic carbocycles. The van der Waals surface area contributed by atoms with Crippen molar-refractivity contribution in [3.63, 3.8) is 0 Å². The second kappa shape index (κ2) is 8.85. The number of amides is 1. The summed E-state index contributed by atoms with van der Waals surface area (Å²) in [7, 11) is 0. The summed E-state index contributed by atoms with van der Waals surface area (Å²) in [5.74, 6) is 1.35. The van der Waals surface area contributed by atoms with Crippen LogP contribution in [0.1, 0.15) is 38.4 Å². The Labute approximate surface area is 190 Å². The highest BCUT2D eigenvalue weighted by Crippen LogP contribution is 2.31. The number of nitrogens with zero attached hydrogens (tertiary/aromatic N) is 3. The molecule has 1 amide bonds. The van der Waals surface area contributed by atoms with Crippen molar-refractivity contribution < 1.29 is 4.79 Å². The van der Waals surface area contributed by atoms with Crippen LogP contribution in [0.2, 0.25) is 0 Å². The first kappa shape index (κ1) is 21.6. The molecule has 0 spiro atoms. The molecule has 0 fully saturated rings. The molecule has 0 atom stereocenters. The molecule has 2 aromatic heterocycles. The number of fused-ring (bicyclic) bond motifs is 1. The molecular weight excluding hydrogens is 424 g/mol. The number of nitrogens with one attached hydrogen (secondary N) is 1. The maximum atomic E-state index is 12.5. The summed E-state index contributed by atoms with van der Waals surface area (Å²) in [6.07, 6.45) is 0.429. The lowest BCUT2D eigenvalue weighted by Crippen LogP contribution is -2.15. The van der Waals surface area contributed by atoms with Gasteiger partial charge in [-0.25, -0.2) is 4.98 Å². The maximum Gasteiger partial charge on any atom is 0.226 e. The van der Waals surface area contributed by atoms with Gasteiger partial charge in [-0.1, -0.05) is 56.4 Å². The van der Waals surface area contributed by atoms with Crippen molar-refractivity contribution in [2.75, 3.05) is 11.1 Å². The minimum absolute atomic E-state index is 0.0271. The molecule has 0 radical (unpaired) electrons. The van der Waals surface area contributed by atoms with E-state index < -0.39 is 0 Å². The van der Waals surface area contributed by atoms with Gasteiger partial charge in [-0.15, -0.1) is 11.8 Å². The molecule has 0 saturated heterocycles. The Balaban J connectivity index is 1.49. The molecule has 31 heavy (non-hydrogen) atoms. The van der Waals surface area contributed by atoms with E-state index in [0.717, 1.165) is 26.8 Å². The lowest BCUT2D eigenvalue weighted by atomic mass is 9.87. The minimum Gasteiger partial charge on any atom is -0.310 e.